The van der Waals surface area contributed by atoms with E-state index in [1.54, 1.807) is 0 Å². The molecule has 0 aromatic heterocycles. The molecule has 0 spiro atoms. The van der Waals surface area contributed by atoms with Crippen LogP contribution in [-0.2, 0) is 0 Å². The molecular formula is C13H21ClN2. The second kappa shape index (κ2) is 6.12. The van der Waals surface area contributed by atoms with Crippen molar-refractivity contribution >= 4 is 17.3 Å². The van der Waals surface area contributed by atoms with Crippen LogP contribution in [0.25, 0.3) is 0 Å². The van der Waals surface area contributed by atoms with Gasteiger partial charge in [0.2, 0.25) is 0 Å². The fraction of sp³-hybridized carbons (Fsp3) is 0.538. The largest absolute Gasteiger partial charge is 0.383 e. The van der Waals surface area contributed by atoms with E-state index in [1.807, 2.05) is 6.07 Å². The molecule has 0 aliphatic rings. The summed E-state index contributed by atoms with van der Waals surface area (Å²) in [6.07, 6.45) is 1.04. The van der Waals surface area contributed by atoms with Crippen molar-refractivity contribution in [1.29, 1.82) is 0 Å². The molecule has 0 fully saturated rings. The number of rotatable bonds is 5. The lowest BCUT2D eigenvalue weighted by molar-refractivity contribution is 0.568. The summed E-state index contributed by atoms with van der Waals surface area (Å²) in [5, 5.41) is 4.21. The molecule has 0 aliphatic heterocycles. The topological polar surface area (TPSA) is 38.0 Å². The molecule has 1 rings (SSSR count). The van der Waals surface area contributed by atoms with Gasteiger partial charge in [-0.3, -0.25) is 0 Å². The van der Waals surface area contributed by atoms with E-state index < -0.39 is 0 Å². The Morgan fingerprint density at radius 2 is 2.06 bits per heavy atom. The van der Waals surface area contributed by atoms with E-state index in [0.29, 0.717) is 5.92 Å². The predicted octanol–water partition coefficient (Wildman–Crippen LogP) is 3.35. The average Bonchev–Trinajstić information content (AvgIpc) is 2.16. The zero-order valence-corrected chi connectivity index (χ0v) is 11.1. The zero-order chi connectivity index (χ0) is 12.1. The van der Waals surface area contributed by atoms with E-state index >= 15 is 0 Å². The third kappa shape index (κ3) is 3.69. The molecule has 1 aromatic carbocycles. The lowest BCUT2D eigenvalue weighted by Crippen LogP contribution is -2.15. The van der Waals surface area contributed by atoms with Crippen LogP contribution in [0.4, 0.5) is 5.69 Å². The van der Waals surface area contributed by atoms with Crippen LogP contribution >= 0.6 is 11.6 Å². The molecule has 16 heavy (non-hydrogen) atoms. The highest BCUT2D eigenvalue weighted by Crippen LogP contribution is 2.27. The number of hydrogen-bond acceptors (Lipinski definition) is 2. The van der Waals surface area contributed by atoms with Gasteiger partial charge in [-0.05, 0) is 49.9 Å². The fourth-order valence-corrected chi connectivity index (χ4v) is 2.19. The number of halogens is 1. The molecular weight excluding hydrogens is 220 g/mol. The van der Waals surface area contributed by atoms with Crippen molar-refractivity contribution in [2.45, 2.75) is 27.2 Å². The van der Waals surface area contributed by atoms with Crippen molar-refractivity contribution in [3.63, 3.8) is 0 Å². The third-order valence-corrected chi connectivity index (χ3v) is 3.02. The van der Waals surface area contributed by atoms with E-state index in [-0.39, 0.29) is 0 Å². The minimum absolute atomic E-state index is 0.571. The number of nitrogens with two attached hydrogens (primary N) is 1. The summed E-state index contributed by atoms with van der Waals surface area (Å²) in [5.41, 5.74) is 8.97. The van der Waals surface area contributed by atoms with Crippen LogP contribution in [0, 0.1) is 19.8 Å². The number of aryl methyl sites for hydroxylation is 2. The summed E-state index contributed by atoms with van der Waals surface area (Å²) in [6, 6.07) is 4.13. The predicted molar refractivity (Wildman–Crippen MR) is 72.3 cm³/mol. The molecule has 0 heterocycles. The van der Waals surface area contributed by atoms with Gasteiger partial charge in [0.05, 0.1) is 10.7 Å². The lowest BCUT2D eigenvalue weighted by atomic mass is 10.1. The summed E-state index contributed by atoms with van der Waals surface area (Å²) >= 11 is 6.21. The molecule has 3 heteroatoms. The highest BCUT2D eigenvalue weighted by Gasteiger charge is 2.06. The van der Waals surface area contributed by atoms with Gasteiger partial charge in [-0.2, -0.15) is 0 Å². The highest BCUT2D eigenvalue weighted by molar-refractivity contribution is 6.33. The van der Waals surface area contributed by atoms with Gasteiger partial charge in [-0.1, -0.05) is 24.6 Å². The molecule has 0 saturated carbocycles. The van der Waals surface area contributed by atoms with Gasteiger partial charge in [0, 0.05) is 6.54 Å². The second-order valence-corrected chi connectivity index (χ2v) is 4.91. The Balaban J connectivity index is 2.67. The maximum absolute atomic E-state index is 6.21. The Bertz CT molecular complexity index is 327. The molecule has 0 aliphatic carbocycles. The van der Waals surface area contributed by atoms with Crippen LogP contribution in [-0.4, -0.2) is 13.1 Å². The van der Waals surface area contributed by atoms with Gasteiger partial charge in [0.25, 0.3) is 0 Å². The summed E-state index contributed by atoms with van der Waals surface area (Å²) in [5.74, 6) is 0.571. The van der Waals surface area contributed by atoms with Crippen LogP contribution in [0.15, 0.2) is 12.1 Å². The van der Waals surface area contributed by atoms with Crippen LogP contribution in [0.3, 0.4) is 0 Å². The molecule has 1 atom stereocenters. The minimum atomic E-state index is 0.571. The van der Waals surface area contributed by atoms with Crippen molar-refractivity contribution in [3.05, 3.63) is 28.3 Å². The Kier molecular flexibility index (Phi) is 5.10. The molecule has 0 radical (unpaired) electrons. The molecule has 1 aromatic rings. The van der Waals surface area contributed by atoms with Gasteiger partial charge < -0.3 is 11.1 Å². The molecule has 0 amide bonds. The minimum Gasteiger partial charge on any atom is -0.383 e. The van der Waals surface area contributed by atoms with Crippen molar-refractivity contribution in [1.82, 2.24) is 0 Å². The Hall–Kier alpha value is -0.730. The van der Waals surface area contributed by atoms with Crippen molar-refractivity contribution in [2.24, 2.45) is 11.7 Å². The van der Waals surface area contributed by atoms with E-state index in [4.69, 9.17) is 17.3 Å². The third-order valence-electron chi connectivity index (χ3n) is 2.72. The first-order valence-electron chi connectivity index (χ1n) is 5.75. The Morgan fingerprint density at radius 3 is 2.62 bits per heavy atom. The van der Waals surface area contributed by atoms with Crippen LogP contribution in [0.2, 0.25) is 5.02 Å². The Labute approximate surface area is 103 Å². The van der Waals surface area contributed by atoms with Gasteiger partial charge in [-0.15, -0.1) is 0 Å². The lowest BCUT2D eigenvalue weighted by Gasteiger charge is -2.16. The summed E-state index contributed by atoms with van der Waals surface area (Å²) in [6.45, 7) is 7.98. The SMILES string of the molecule is Cc1cc(C)c(NCC(C)CCN)c(Cl)c1. The van der Waals surface area contributed by atoms with Crippen LogP contribution in [0.5, 0.6) is 0 Å². The summed E-state index contributed by atoms with van der Waals surface area (Å²) in [4.78, 5) is 0. The number of anilines is 1. The van der Waals surface area contributed by atoms with Gasteiger partial charge in [-0.25, -0.2) is 0 Å². The van der Waals surface area contributed by atoms with Gasteiger partial charge in [0.15, 0.2) is 0 Å². The van der Waals surface area contributed by atoms with Gasteiger partial charge in [0.1, 0.15) is 0 Å². The van der Waals surface area contributed by atoms with Crippen LogP contribution < -0.4 is 11.1 Å². The van der Waals surface area contributed by atoms with E-state index in [9.17, 15) is 0 Å². The average molecular weight is 241 g/mol. The first-order valence-corrected chi connectivity index (χ1v) is 6.13. The summed E-state index contributed by atoms with van der Waals surface area (Å²) < 4.78 is 0. The van der Waals surface area contributed by atoms with Crippen molar-refractivity contribution in [3.8, 4) is 0 Å². The van der Waals surface area contributed by atoms with E-state index in [1.165, 1.54) is 11.1 Å². The second-order valence-electron chi connectivity index (χ2n) is 4.50. The maximum atomic E-state index is 6.21. The first-order chi connectivity index (χ1) is 7.54. The molecule has 2 nitrogen and oxygen atoms in total. The van der Waals surface area contributed by atoms with Crippen molar-refractivity contribution in [2.75, 3.05) is 18.4 Å². The quantitative estimate of drug-likeness (QED) is 0.829. The number of benzene rings is 1. The maximum Gasteiger partial charge on any atom is 0.0642 e. The van der Waals surface area contributed by atoms with Crippen molar-refractivity contribution < 1.29 is 0 Å². The first kappa shape index (κ1) is 13.3. The van der Waals surface area contributed by atoms with Gasteiger partial charge >= 0.3 is 0 Å². The van der Waals surface area contributed by atoms with E-state index in [0.717, 1.165) is 30.2 Å². The Morgan fingerprint density at radius 1 is 1.38 bits per heavy atom. The van der Waals surface area contributed by atoms with Crippen LogP contribution in [0.1, 0.15) is 24.5 Å². The zero-order valence-electron chi connectivity index (χ0n) is 10.3. The smallest absolute Gasteiger partial charge is 0.0642 e. The highest BCUT2D eigenvalue weighted by atomic mass is 35.5. The summed E-state index contributed by atoms with van der Waals surface area (Å²) in [7, 11) is 0. The standard InChI is InChI=1S/C13H21ClN2/c1-9(4-5-15)8-16-13-11(3)6-10(2)7-12(13)14/h6-7,9,16H,4-5,8,15H2,1-3H3. The molecule has 3 N–H and O–H groups in total. The number of nitrogens with one attached hydrogen (secondary N) is 1. The monoisotopic (exact) mass is 240 g/mol. The molecule has 1 unspecified atom stereocenters. The number of hydrogen-bond donors (Lipinski definition) is 2. The fourth-order valence-electron chi connectivity index (χ4n) is 1.80. The van der Waals surface area contributed by atoms with E-state index in [2.05, 4.69) is 32.2 Å². The molecule has 90 valence electrons. The molecule has 0 bridgehead atoms. The normalized spacial score (nSPS) is 12.6. The molecule has 0 saturated heterocycles.